The van der Waals surface area contributed by atoms with Crippen LogP contribution in [0.25, 0.3) is 0 Å². The van der Waals surface area contributed by atoms with Crippen LogP contribution in [0.2, 0.25) is 0 Å². The fraction of sp³-hybridized carbons (Fsp3) is 0.263. The van der Waals surface area contributed by atoms with Crippen molar-refractivity contribution in [1.29, 1.82) is 0 Å². The molecule has 1 N–H and O–H groups in total. The molecule has 0 saturated carbocycles. The van der Waals surface area contributed by atoms with Crippen LogP contribution in [0.15, 0.2) is 42.5 Å². The number of para-hydroxylation sites is 1. The number of nitrogens with one attached hydrogen (secondary N) is 1. The van der Waals surface area contributed by atoms with Crippen molar-refractivity contribution in [3.63, 3.8) is 0 Å². The van der Waals surface area contributed by atoms with E-state index in [1.165, 1.54) is 7.11 Å². The Kier molecular flexibility index (Phi) is 4.51. The number of methoxy groups -OCH3 is 1. The van der Waals surface area contributed by atoms with Crippen LogP contribution in [-0.2, 0) is 16.0 Å². The molecule has 1 amide bonds. The summed E-state index contributed by atoms with van der Waals surface area (Å²) in [6.07, 6.45) is 0.637. The third-order valence-electron chi connectivity index (χ3n) is 4.25. The summed E-state index contributed by atoms with van der Waals surface area (Å²) in [5.41, 5.74) is 2.78. The van der Waals surface area contributed by atoms with E-state index in [0.717, 1.165) is 11.3 Å². The molecular weight excluding hydrogens is 306 g/mol. The molecule has 0 spiro atoms. The van der Waals surface area contributed by atoms with Gasteiger partial charge in [0.15, 0.2) is 0 Å². The molecule has 1 aliphatic rings. The van der Waals surface area contributed by atoms with E-state index >= 15 is 0 Å². The van der Waals surface area contributed by atoms with Crippen LogP contribution in [0, 0.1) is 12.8 Å². The summed E-state index contributed by atoms with van der Waals surface area (Å²) in [7, 11) is 1.34. The Hall–Kier alpha value is -2.82. The van der Waals surface area contributed by atoms with Gasteiger partial charge in [-0.25, -0.2) is 4.79 Å². The van der Waals surface area contributed by atoms with Crippen molar-refractivity contribution in [2.75, 3.05) is 19.0 Å². The SMILES string of the molecule is COC(=O)c1cccc(NC(=O)C2COc3ccccc3C2)c1C. The molecule has 24 heavy (non-hydrogen) atoms. The number of ether oxygens (including phenoxy) is 2. The van der Waals surface area contributed by atoms with Crippen LogP contribution in [0.1, 0.15) is 21.5 Å². The summed E-state index contributed by atoms with van der Waals surface area (Å²) in [6, 6.07) is 12.9. The number of fused-ring (bicyclic) bond motifs is 1. The minimum absolute atomic E-state index is 0.116. The molecule has 0 radical (unpaired) electrons. The zero-order chi connectivity index (χ0) is 17.1. The highest BCUT2D eigenvalue weighted by molar-refractivity contribution is 5.97. The summed E-state index contributed by atoms with van der Waals surface area (Å²) in [6.45, 7) is 2.13. The molecule has 2 aromatic carbocycles. The number of amides is 1. The third kappa shape index (κ3) is 3.11. The van der Waals surface area contributed by atoms with Crippen molar-refractivity contribution in [3.8, 4) is 5.75 Å². The lowest BCUT2D eigenvalue weighted by molar-refractivity contribution is -0.121. The lowest BCUT2D eigenvalue weighted by Gasteiger charge is -2.25. The van der Waals surface area contributed by atoms with Crippen LogP contribution in [-0.4, -0.2) is 25.6 Å². The van der Waals surface area contributed by atoms with Gasteiger partial charge in [-0.2, -0.15) is 0 Å². The van der Waals surface area contributed by atoms with Crippen molar-refractivity contribution in [2.24, 2.45) is 5.92 Å². The second kappa shape index (κ2) is 6.74. The molecule has 0 aliphatic carbocycles. The van der Waals surface area contributed by atoms with Gasteiger partial charge in [0.2, 0.25) is 5.91 Å². The Morgan fingerprint density at radius 1 is 1.17 bits per heavy atom. The average molecular weight is 325 g/mol. The summed E-state index contributed by atoms with van der Waals surface area (Å²) < 4.78 is 10.4. The highest BCUT2D eigenvalue weighted by Crippen LogP contribution is 2.28. The molecule has 124 valence electrons. The second-order valence-electron chi connectivity index (χ2n) is 5.78. The first-order valence-corrected chi connectivity index (χ1v) is 7.79. The zero-order valence-corrected chi connectivity index (χ0v) is 13.7. The van der Waals surface area contributed by atoms with Crippen molar-refractivity contribution in [2.45, 2.75) is 13.3 Å². The number of esters is 1. The van der Waals surface area contributed by atoms with Gasteiger partial charge in [0.25, 0.3) is 0 Å². The fourth-order valence-electron chi connectivity index (χ4n) is 2.83. The number of carbonyl (C=O) groups is 2. The molecule has 3 rings (SSSR count). The van der Waals surface area contributed by atoms with Crippen LogP contribution < -0.4 is 10.1 Å². The van der Waals surface area contributed by atoms with E-state index in [1.54, 1.807) is 25.1 Å². The van der Waals surface area contributed by atoms with E-state index in [1.807, 2.05) is 24.3 Å². The quantitative estimate of drug-likeness (QED) is 0.881. The van der Waals surface area contributed by atoms with Gasteiger partial charge in [0.1, 0.15) is 12.4 Å². The number of anilines is 1. The van der Waals surface area contributed by atoms with Crippen LogP contribution in [0.5, 0.6) is 5.75 Å². The van der Waals surface area contributed by atoms with E-state index in [2.05, 4.69) is 5.32 Å². The Balaban J connectivity index is 1.75. The Labute approximate surface area is 140 Å². The molecule has 1 atom stereocenters. The van der Waals surface area contributed by atoms with Crippen molar-refractivity contribution < 1.29 is 19.1 Å². The first kappa shape index (κ1) is 16.1. The molecule has 5 heteroatoms. The maximum atomic E-state index is 12.6. The van der Waals surface area contributed by atoms with Crippen LogP contribution in [0.3, 0.4) is 0 Å². The molecule has 0 bridgehead atoms. The van der Waals surface area contributed by atoms with Crippen molar-refractivity contribution in [1.82, 2.24) is 0 Å². The molecule has 2 aromatic rings. The molecule has 5 nitrogen and oxygen atoms in total. The van der Waals surface area contributed by atoms with E-state index in [9.17, 15) is 9.59 Å². The normalized spacial score (nSPS) is 15.8. The van der Waals surface area contributed by atoms with Gasteiger partial charge in [0, 0.05) is 5.69 Å². The number of benzene rings is 2. The Bertz CT molecular complexity index is 785. The first-order valence-electron chi connectivity index (χ1n) is 7.79. The predicted octanol–water partition coefficient (Wildman–Crippen LogP) is 2.97. The van der Waals surface area contributed by atoms with Gasteiger partial charge < -0.3 is 14.8 Å². The van der Waals surface area contributed by atoms with Gasteiger partial charge >= 0.3 is 5.97 Å². The minimum Gasteiger partial charge on any atom is -0.492 e. The Morgan fingerprint density at radius 2 is 1.96 bits per heavy atom. The molecule has 0 aromatic heterocycles. The van der Waals surface area contributed by atoms with E-state index in [4.69, 9.17) is 9.47 Å². The van der Waals surface area contributed by atoms with E-state index < -0.39 is 5.97 Å². The van der Waals surface area contributed by atoms with Gasteiger partial charge in [-0.1, -0.05) is 24.3 Å². The van der Waals surface area contributed by atoms with E-state index in [-0.39, 0.29) is 11.8 Å². The topological polar surface area (TPSA) is 64.6 Å². The molecule has 1 unspecified atom stereocenters. The van der Waals surface area contributed by atoms with Gasteiger partial charge in [0.05, 0.1) is 18.6 Å². The smallest absolute Gasteiger partial charge is 0.338 e. The highest BCUT2D eigenvalue weighted by atomic mass is 16.5. The van der Waals surface area contributed by atoms with Crippen LogP contribution >= 0.6 is 0 Å². The maximum Gasteiger partial charge on any atom is 0.338 e. The molecule has 0 fully saturated rings. The van der Waals surface area contributed by atoms with Gasteiger partial charge in [-0.3, -0.25) is 4.79 Å². The Morgan fingerprint density at radius 3 is 2.75 bits per heavy atom. The summed E-state index contributed by atoms with van der Waals surface area (Å²) in [5.74, 6) is 0.0413. The predicted molar refractivity (Wildman–Crippen MR) is 90.3 cm³/mol. The monoisotopic (exact) mass is 325 g/mol. The third-order valence-corrected chi connectivity index (χ3v) is 4.25. The molecule has 1 aliphatic heterocycles. The first-order chi connectivity index (χ1) is 11.6. The maximum absolute atomic E-state index is 12.6. The van der Waals surface area contributed by atoms with Crippen molar-refractivity contribution in [3.05, 3.63) is 59.2 Å². The molecule has 1 heterocycles. The fourth-order valence-corrected chi connectivity index (χ4v) is 2.83. The number of rotatable bonds is 3. The van der Waals surface area contributed by atoms with Gasteiger partial charge in [-0.05, 0) is 42.7 Å². The summed E-state index contributed by atoms with van der Waals surface area (Å²) >= 11 is 0. The van der Waals surface area contributed by atoms with Crippen LogP contribution in [0.4, 0.5) is 5.69 Å². The second-order valence-corrected chi connectivity index (χ2v) is 5.78. The summed E-state index contributed by atoms with van der Waals surface area (Å²) in [5, 5.41) is 2.90. The minimum atomic E-state index is -0.418. The standard InChI is InChI=1S/C19H19NO4/c1-12-15(19(22)23-2)7-5-8-16(12)20-18(21)14-10-13-6-3-4-9-17(13)24-11-14/h3-9,14H,10-11H2,1-2H3,(H,20,21). The van der Waals surface area contributed by atoms with Gasteiger partial charge in [-0.15, -0.1) is 0 Å². The van der Waals surface area contributed by atoms with Crippen molar-refractivity contribution >= 4 is 17.6 Å². The lowest BCUT2D eigenvalue weighted by atomic mass is 9.95. The largest absolute Gasteiger partial charge is 0.492 e. The highest BCUT2D eigenvalue weighted by Gasteiger charge is 2.26. The number of hydrogen-bond donors (Lipinski definition) is 1. The number of hydrogen-bond acceptors (Lipinski definition) is 4. The average Bonchev–Trinajstić information content (AvgIpc) is 2.62. The van der Waals surface area contributed by atoms with E-state index in [0.29, 0.717) is 29.8 Å². The zero-order valence-electron chi connectivity index (χ0n) is 13.7. The number of carbonyl (C=O) groups excluding carboxylic acids is 2. The summed E-state index contributed by atoms with van der Waals surface area (Å²) in [4.78, 5) is 24.3. The molecule has 0 saturated heterocycles. The lowest BCUT2D eigenvalue weighted by Crippen LogP contribution is -2.32. The molecular formula is C19H19NO4.